The topological polar surface area (TPSA) is 53.1 Å². The van der Waals surface area contributed by atoms with E-state index >= 15 is 0 Å². The fourth-order valence-electron chi connectivity index (χ4n) is 2.47. The van der Waals surface area contributed by atoms with Crippen molar-refractivity contribution in [1.82, 2.24) is 9.55 Å². The second kappa shape index (κ2) is 4.56. The molecule has 3 rings (SSSR count). The minimum absolute atomic E-state index is 0.471. The zero-order valence-corrected chi connectivity index (χ0v) is 11.8. The van der Waals surface area contributed by atoms with Crippen LogP contribution in [-0.4, -0.2) is 16.7 Å². The molecule has 4 heteroatoms. The molecule has 102 valence electrons. The molecule has 0 unspecified atom stereocenters. The number of hydrogen-bond donors (Lipinski definition) is 1. The highest BCUT2D eigenvalue weighted by molar-refractivity contribution is 5.86. The van der Waals surface area contributed by atoms with E-state index in [0.717, 1.165) is 28.0 Å². The second-order valence-electron chi connectivity index (χ2n) is 4.92. The molecule has 0 aliphatic rings. The van der Waals surface area contributed by atoms with Gasteiger partial charge >= 0.3 is 0 Å². The molecule has 1 heterocycles. The van der Waals surface area contributed by atoms with E-state index in [-0.39, 0.29) is 0 Å². The number of anilines is 1. The number of imidazole rings is 1. The minimum atomic E-state index is 0.471. The average molecular weight is 267 g/mol. The van der Waals surface area contributed by atoms with Crippen molar-refractivity contribution in [3.05, 3.63) is 47.5 Å². The van der Waals surface area contributed by atoms with Crippen molar-refractivity contribution in [2.45, 2.75) is 13.8 Å². The monoisotopic (exact) mass is 267 g/mol. The average Bonchev–Trinajstić information content (AvgIpc) is 2.77. The highest BCUT2D eigenvalue weighted by Crippen LogP contribution is 2.30. The third kappa shape index (κ3) is 1.81. The molecule has 0 amide bonds. The lowest BCUT2D eigenvalue weighted by Gasteiger charge is -2.11. The molecule has 1 aromatic heterocycles. The van der Waals surface area contributed by atoms with Crippen molar-refractivity contribution in [3.8, 4) is 11.4 Å². The van der Waals surface area contributed by atoms with Gasteiger partial charge in [-0.05, 0) is 43.2 Å². The van der Waals surface area contributed by atoms with Gasteiger partial charge in [0.2, 0.25) is 5.95 Å². The molecule has 0 saturated carbocycles. The first-order chi connectivity index (χ1) is 9.61. The Morgan fingerprint density at radius 1 is 1.15 bits per heavy atom. The highest BCUT2D eigenvalue weighted by atomic mass is 16.5. The number of rotatable bonds is 2. The van der Waals surface area contributed by atoms with Crippen LogP contribution in [0.25, 0.3) is 16.7 Å². The summed E-state index contributed by atoms with van der Waals surface area (Å²) in [6.45, 7) is 4.14. The molecule has 0 fully saturated rings. The third-order valence-electron chi connectivity index (χ3n) is 3.50. The van der Waals surface area contributed by atoms with Gasteiger partial charge < -0.3 is 10.5 Å². The molecule has 2 aromatic carbocycles. The van der Waals surface area contributed by atoms with Crippen molar-refractivity contribution in [3.63, 3.8) is 0 Å². The second-order valence-corrected chi connectivity index (χ2v) is 4.92. The van der Waals surface area contributed by atoms with Crippen LogP contribution in [0.15, 0.2) is 36.4 Å². The standard InChI is InChI=1S/C16H17N3O/c1-10-7-8-11(2)13(9-10)19-12-5-4-6-14(20-3)15(12)18-16(19)17/h4-9H,1-3H3,(H2,17,18). The van der Waals surface area contributed by atoms with Gasteiger partial charge in [0.25, 0.3) is 0 Å². The summed E-state index contributed by atoms with van der Waals surface area (Å²) in [7, 11) is 1.64. The predicted molar refractivity (Wildman–Crippen MR) is 81.5 cm³/mol. The molecule has 0 saturated heterocycles. The maximum atomic E-state index is 6.12. The molecular formula is C16H17N3O. The molecule has 0 radical (unpaired) electrons. The van der Waals surface area contributed by atoms with Gasteiger partial charge in [-0.25, -0.2) is 4.98 Å². The van der Waals surface area contributed by atoms with Crippen LogP contribution in [0.3, 0.4) is 0 Å². The van der Waals surface area contributed by atoms with E-state index in [0.29, 0.717) is 5.95 Å². The van der Waals surface area contributed by atoms with E-state index in [1.54, 1.807) is 7.11 Å². The van der Waals surface area contributed by atoms with Gasteiger partial charge in [-0.15, -0.1) is 0 Å². The van der Waals surface area contributed by atoms with Gasteiger partial charge in [-0.2, -0.15) is 0 Å². The van der Waals surface area contributed by atoms with Crippen molar-refractivity contribution in [2.24, 2.45) is 0 Å². The van der Waals surface area contributed by atoms with E-state index in [4.69, 9.17) is 10.5 Å². The Kier molecular flexibility index (Phi) is 2.86. The number of hydrogen-bond acceptors (Lipinski definition) is 3. The Morgan fingerprint density at radius 3 is 2.70 bits per heavy atom. The van der Waals surface area contributed by atoms with Crippen LogP contribution < -0.4 is 10.5 Å². The zero-order valence-electron chi connectivity index (χ0n) is 11.8. The number of nitrogens with zero attached hydrogens (tertiary/aromatic N) is 2. The summed E-state index contributed by atoms with van der Waals surface area (Å²) >= 11 is 0. The maximum Gasteiger partial charge on any atom is 0.206 e. The summed E-state index contributed by atoms with van der Waals surface area (Å²) < 4.78 is 7.33. The minimum Gasteiger partial charge on any atom is -0.494 e. The Morgan fingerprint density at radius 2 is 1.95 bits per heavy atom. The Labute approximate surface area is 117 Å². The van der Waals surface area contributed by atoms with E-state index < -0.39 is 0 Å². The Bertz CT molecular complexity index is 790. The Hall–Kier alpha value is -2.49. The van der Waals surface area contributed by atoms with E-state index in [1.165, 1.54) is 5.56 Å². The smallest absolute Gasteiger partial charge is 0.206 e. The molecule has 0 aliphatic carbocycles. The Balaban J connectivity index is 2.37. The van der Waals surface area contributed by atoms with Crippen LogP contribution >= 0.6 is 0 Å². The number of benzene rings is 2. The molecule has 0 spiro atoms. The van der Waals surface area contributed by atoms with E-state index in [2.05, 4.69) is 37.0 Å². The van der Waals surface area contributed by atoms with Crippen molar-refractivity contribution in [2.75, 3.05) is 12.8 Å². The van der Waals surface area contributed by atoms with E-state index in [1.807, 2.05) is 22.8 Å². The summed E-state index contributed by atoms with van der Waals surface area (Å²) in [5.41, 5.74) is 11.3. The normalized spacial score (nSPS) is 10.9. The van der Waals surface area contributed by atoms with Gasteiger partial charge in [0.05, 0.1) is 18.3 Å². The van der Waals surface area contributed by atoms with Gasteiger partial charge in [0.1, 0.15) is 11.3 Å². The number of aromatic nitrogens is 2. The molecule has 0 atom stereocenters. The summed E-state index contributed by atoms with van der Waals surface area (Å²) in [5, 5.41) is 0. The van der Waals surface area contributed by atoms with Crippen LogP contribution in [0.1, 0.15) is 11.1 Å². The lowest BCUT2D eigenvalue weighted by molar-refractivity contribution is 0.419. The third-order valence-corrected chi connectivity index (χ3v) is 3.50. The number of ether oxygens (including phenoxy) is 1. The van der Waals surface area contributed by atoms with Crippen molar-refractivity contribution in [1.29, 1.82) is 0 Å². The zero-order chi connectivity index (χ0) is 14.3. The van der Waals surface area contributed by atoms with Gasteiger partial charge in [-0.3, -0.25) is 4.57 Å². The SMILES string of the molecule is COc1cccc2c1nc(N)n2-c1cc(C)ccc1C. The summed E-state index contributed by atoms with van der Waals surface area (Å²) in [6, 6.07) is 12.1. The molecule has 0 bridgehead atoms. The number of nitrogen functional groups attached to an aromatic ring is 1. The fraction of sp³-hybridized carbons (Fsp3) is 0.188. The lowest BCUT2D eigenvalue weighted by atomic mass is 10.1. The van der Waals surface area contributed by atoms with Crippen LogP contribution in [0, 0.1) is 13.8 Å². The van der Waals surface area contributed by atoms with Gasteiger partial charge in [-0.1, -0.05) is 18.2 Å². The predicted octanol–water partition coefficient (Wildman–Crippen LogP) is 3.23. The first-order valence-corrected chi connectivity index (χ1v) is 6.50. The summed E-state index contributed by atoms with van der Waals surface area (Å²) in [5.74, 6) is 1.21. The largest absolute Gasteiger partial charge is 0.494 e. The first kappa shape index (κ1) is 12.5. The van der Waals surface area contributed by atoms with Gasteiger partial charge in [0, 0.05) is 0 Å². The van der Waals surface area contributed by atoms with E-state index in [9.17, 15) is 0 Å². The number of methoxy groups -OCH3 is 1. The summed E-state index contributed by atoms with van der Waals surface area (Å²) in [4.78, 5) is 4.45. The molecule has 3 aromatic rings. The lowest BCUT2D eigenvalue weighted by Crippen LogP contribution is -2.02. The fourth-order valence-corrected chi connectivity index (χ4v) is 2.47. The number of aryl methyl sites for hydroxylation is 2. The molecule has 4 nitrogen and oxygen atoms in total. The van der Waals surface area contributed by atoms with Gasteiger partial charge in [0.15, 0.2) is 0 Å². The van der Waals surface area contributed by atoms with Crippen LogP contribution in [0.5, 0.6) is 5.75 Å². The van der Waals surface area contributed by atoms with Crippen molar-refractivity contribution < 1.29 is 4.74 Å². The van der Waals surface area contributed by atoms with Crippen LogP contribution in [0.4, 0.5) is 5.95 Å². The van der Waals surface area contributed by atoms with Crippen LogP contribution in [0.2, 0.25) is 0 Å². The molecular weight excluding hydrogens is 250 g/mol. The number of para-hydroxylation sites is 1. The summed E-state index contributed by atoms with van der Waals surface area (Å²) in [6.07, 6.45) is 0. The molecule has 20 heavy (non-hydrogen) atoms. The first-order valence-electron chi connectivity index (χ1n) is 6.50. The van der Waals surface area contributed by atoms with Crippen LogP contribution in [-0.2, 0) is 0 Å². The quantitative estimate of drug-likeness (QED) is 0.775. The number of nitrogens with two attached hydrogens (primary N) is 1. The molecule has 2 N–H and O–H groups in total. The number of fused-ring (bicyclic) bond motifs is 1. The highest BCUT2D eigenvalue weighted by Gasteiger charge is 2.14. The maximum absolute atomic E-state index is 6.12. The molecule has 0 aliphatic heterocycles. The van der Waals surface area contributed by atoms with Crippen molar-refractivity contribution >= 4 is 17.0 Å².